The zero-order chi connectivity index (χ0) is 16.9. The second-order valence-electron chi connectivity index (χ2n) is 5.60. The van der Waals surface area contributed by atoms with Crippen LogP contribution in [0.25, 0.3) is 0 Å². The molecule has 0 amide bonds. The molecule has 1 fully saturated rings. The van der Waals surface area contributed by atoms with Crippen LogP contribution in [0.4, 0.5) is 10.1 Å². The molecular formula is C18H19BrFNO3. The lowest BCUT2D eigenvalue weighted by molar-refractivity contribution is -0.222. The van der Waals surface area contributed by atoms with Crippen molar-refractivity contribution in [2.75, 3.05) is 10.6 Å². The van der Waals surface area contributed by atoms with Crippen molar-refractivity contribution in [2.45, 2.75) is 30.7 Å². The van der Waals surface area contributed by atoms with Gasteiger partial charge in [-0.15, -0.1) is 0 Å². The first kappa shape index (κ1) is 17.2. The fourth-order valence-corrected chi connectivity index (χ4v) is 3.26. The molecule has 0 bridgehead atoms. The lowest BCUT2D eigenvalue weighted by Crippen LogP contribution is -2.61. The van der Waals surface area contributed by atoms with Crippen LogP contribution in [-0.2, 0) is 4.74 Å². The number of halogens is 2. The van der Waals surface area contributed by atoms with Gasteiger partial charge >= 0.3 is 0 Å². The van der Waals surface area contributed by atoms with Crippen LogP contribution in [0.2, 0.25) is 0 Å². The van der Waals surface area contributed by atoms with Gasteiger partial charge < -0.3 is 19.9 Å². The van der Waals surface area contributed by atoms with Crippen molar-refractivity contribution in [3.05, 3.63) is 60.7 Å². The minimum atomic E-state index is -1.62. The number of hydrogen-bond donors (Lipinski definition) is 2. The van der Waals surface area contributed by atoms with E-state index >= 15 is 0 Å². The van der Waals surface area contributed by atoms with Crippen LogP contribution in [0.15, 0.2) is 60.7 Å². The highest BCUT2D eigenvalue weighted by molar-refractivity contribution is 9.09. The topological polar surface area (TPSA) is 50.7 Å². The predicted molar refractivity (Wildman–Crippen MR) is 94.3 cm³/mol. The molecule has 1 aliphatic heterocycles. The van der Waals surface area contributed by atoms with Crippen molar-refractivity contribution < 1.29 is 19.0 Å². The van der Waals surface area contributed by atoms with Gasteiger partial charge in [0.05, 0.1) is 0 Å². The van der Waals surface area contributed by atoms with Crippen LogP contribution in [0.1, 0.15) is 0 Å². The summed E-state index contributed by atoms with van der Waals surface area (Å²) in [7, 11) is 0. The van der Waals surface area contributed by atoms with E-state index in [1.54, 1.807) is 0 Å². The molecule has 2 N–H and O–H groups in total. The number of anilines is 1. The van der Waals surface area contributed by atoms with E-state index in [2.05, 4.69) is 21.2 Å². The molecule has 2 aromatic carbocycles. The molecule has 0 aromatic heterocycles. The van der Waals surface area contributed by atoms with Crippen molar-refractivity contribution in [1.29, 1.82) is 0 Å². The van der Waals surface area contributed by atoms with Gasteiger partial charge in [-0.2, -0.15) is 0 Å². The summed E-state index contributed by atoms with van der Waals surface area (Å²) < 4.78 is 26.0. The van der Waals surface area contributed by atoms with E-state index in [1.165, 1.54) is 0 Å². The third-order valence-corrected chi connectivity index (χ3v) is 4.56. The molecule has 24 heavy (non-hydrogen) atoms. The summed E-state index contributed by atoms with van der Waals surface area (Å²) in [5.41, 5.74) is 0.759. The normalized spacial score (nSPS) is 29.9. The van der Waals surface area contributed by atoms with E-state index in [-0.39, 0.29) is 0 Å². The Balaban J connectivity index is 1.86. The Morgan fingerprint density at radius 3 is 2.33 bits per heavy atom. The molecule has 6 heteroatoms. The number of aliphatic hydroxyl groups is 1. The quantitative estimate of drug-likeness (QED) is 0.762. The number of ether oxygens (including phenoxy) is 2. The molecule has 4 nitrogen and oxygen atoms in total. The highest BCUT2D eigenvalue weighted by Gasteiger charge is 2.47. The third-order valence-electron chi connectivity index (χ3n) is 3.92. The molecule has 3 rings (SSSR count). The molecule has 2 aromatic rings. The van der Waals surface area contributed by atoms with E-state index < -0.39 is 30.7 Å². The number of para-hydroxylation sites is 2. The molecule has 0 spiro atoms. The minimum absolute atomic E-state index is 0.418. The highest BCUT2D eigenvalue weighted by Crippen LogP contribution is 2.29. The van der Waals surface area contributed by atoms with Gasteiger partial charge in [-0.05, 0) is 24.3 Å². The van der Waals surface area contributed by atoms with E-state index in [0.29, 0.717) is 11.1 Å². The minimum Gasteiger partial charge on any atom is -0.485 e. The maximum atomic E-state index is 14.7. The Kier molecular flexibility index (Phi) is 5.71. The first-order valence-corrected chi connectivity index (χ1v) is 8.88. The Hall–Kier alpha value is -1.63. The highest BCUT2D eigenvalue weighted by atomic mass is 79.9. The van der Waals surface area contributed by atoms with Crippen molar-refractivity contribution in [3.63, 3.8) is 0 Å². The molecule has 1 saturated heterocycles. The predicted octanol–water partition coefficient (Wildman–Crippen LogP) is 3.36. The zero-order valence-electron chi connectivity index (χ0n) is 12.9. The maximum Gasteiger partial charge on any atom is 0.188 e. The fourth-order valence-electron chi connectivity index (χ4n) is 2.74. The number of nitrogens with one attached hydrogen (secondary N) is 1. The summed E-state index contributed by atoms with van der Waals surface area (Å²) in [6, 6.07) is 17.7. The average molecular weight is 396 g/mol. The van der Waals surface area contributed by atoms with Crippen molar-refractivity contribution in [2.24, 2.45) is 0 Å². The summed E-state index contributed by atoms with van der Waals surface area (Å²) in [5.74, 6) is 0.625. The fraction of sp³-hybridized carbons (Fsp3) is 0.333. The first-order valence-electron chi connectivity index (χ1n) is 7.76. The van der Waals surface area contributed by atoms with Gasteiger partial charge in [-0.25, -0.2) is 4.39 Å². The van der Waals surface area contributed by atoms with Gasteiger partial charge in [0.15, 0.2) is 12.5 Å². The monoisotopic (exact) mass is 395 g/mol. The first-order chi connectivity index (χ1) is 11.7. The second-order valence-corrected chi connectivity index (χ2v) is 6.24. The van der Waals surface area contributed by atoms with E-state index in [4.69, 9.17) is 9.47 Å². The number of rotatable bonds is 5. The van der Waals surface area contributed by atoms with Gasteiger partial charge in [0.25, 0.3) is 0 Å². The van der Waals surface area contributed by atoms with Crippen LogP contribution in [-0.4, -0.2) is 41.1 Å². The van der Waals surface area contributed by atoms with Crippen molar-refractivity contribution in [1.82, 2.24) is 0 Å². The Bertz CT molecular complexity index is 589. The van der Waals surface area contributed by atoms with Crippen LogP contribution < -0.4 is 10.1 Å². The largest absolute Gasteiger partial charge is 0.485 e. The number of aliphatic hydroxyl groups excluding tert-OH is 1. The molecule has 1 aliphatic rings. The third kappa shape index (κ3) is 3.88. The van der Waals surface area contributed by atoms with Crippen LogP contribution in [0.5, 0.6) is 5.75 Å². The van der Waals surface area contributed by atoms with Gasteiger partial charge in [0, 0.05) is 11.0 Å². The summed E-state index contributed by atoms with van der Waals surface area (Å²) in [6.07, 6.45) is -4.21. The summed E-state index contributed by atoms with van der Waals surface area (Å²) in [5, 5.41) is 13.5. The van der Waals surface area contributed by atoms with Crippen molar-refractivity contribution >= 4 is 21.6 Å². The van der Waals surface area contributed by atoms with Crippen LogP contribution in [0.3, 0.4) is 0 Å². The van der Waals surface area contributed by atoms with Crippen molar-refractivity contribution in [3.8, 4) is 5.75 Å². The molecule has 0 radical (unpaired) electrons. The van der Waals surface area contributed by atoms with Gasteiger partial charge in [0.2, 0.25) is 0 Å². The van der Waals surface area contributed by atoms with Crippen LogP contribution >= 0.6 is 15.9 Å². The average Bonchev–Trinajstić information content (AvgIpc) is 2.63. The molecule has 5 atom stereocenters. The summed E-state index contributed by atoms with van der Waals surface area (Å²) >= 11 is 3.36. The molecule has 0 unspecified atom stereocenters. The second kappa shape index (κ2) is 7.96. The maximum absolute atomic E-state index is 14.7. The standard InChI is InChI=1S/C18H19BrFNO3/c19-11-14-17(23-13-9-5-2-6-10-13)16(15(20)18(22)24-14)21-12-7-3-1-4-8-12/h1-10,14-18,21-22H,11H2/t14-,15+,16+,17-,18+/m1/s1. The Morgan fingerprint density at radius 2 is 1.71 bits per heavy atom. The SMILES string of the molecule is O[C@H]1O[C@H](CBr)[C@@H](Oc2ccccc2)[C@@H](Nc2ccccc2)[C@@H]1F. The smallest absolute Gasteiger partial charge is 0.188 e. The van der Waals surface area contributed by atoms with Gasteiger partial charge in [0.1, 0.15) is 24.0 Å². The zero-order valence-corrected chi connectivity index (χ0v) is 14.5. The Morgan fingerprint density at radius 1 is 1.08 bits per heavy atom. The number of hydrogen-bond acceptors (Lipinski definition) is 4. The lowest BCUT2D eigenvalue weighted by Gasteiger charge is -2.42. The molecule has 0 saturated carbocycles. The lowest BCUT2D eigenvalue weighted by atomic mass is 9.97. The molecule has 1 heterocycles. The van der Waals surface area contributed by atoms with E-state index in [1.807, 2.05) is 60.7 Å². The molecule has 128 valence electrons. The number of benzene rings is 2. The number of alkyl halides is 2. The van der Waals surface area contributed by atoms with E-state index in [9.17, 15) is 9.50 Å². The van der Waals surface area contributed by atoms with Crippen LogP contribution in [0, 0.1) is 0 Å². The molecular weight excluding hydrogens is 377 g/mol. The molecule has 0 aliphatic carbocycles. The van der Waals surface area contributed by atoms with Gasteiger partial charge in [-0.3, -0.25) is 0 Å². The Labute approximate surface area is 148 Å². The van der Waals surface area contributed by atoms with E-state index in [0.717, 1.165) is 5.69 Å². The summed E-state index contributed by atoms with van der Waals surface area (Å²) in [4.78, 5) is 0. The summed E-state index contributed by atoms with van der Waals surface area (Å²) in [6.45, 7) is 0. The van der Waals surface area contributed by atoms with Gasteiger partial charge in [-0.1, -0.05) is 52.3 Å².